The Morgan fingerprint density at radius 3 is 1.70 bits per heavy atom. The molecule has 1 aliphatic rings. The Labute approximate surface area is 334 Å². The van der Waals surface area contributed by atoms with E-state index >= 15 is 0 Å². The van der Waals surface area contributed by atoms with Crippen LogP contribution in [-0.4, -0.2) is 30.5 Å². The van der Waals surface area contributed by atoms with Crippen molar-refractivity contribution in [3.8, 4) is 11.1 Å². The van der Waals surface area contributed by atoms with Crippen molar-refractivity contribution >= 4 is 34.9 Å². The summed E-state index contributed by atoms with van der Waals surface area (Å²) in [6, 6.07) is 54.9. The average molecular weight is 756 g/mol. The highest BCUT2D eigenvalue weighted by molar-refractivity contribution is 6.13. The Balaban J connectivity index is 1.53. The zero-order valence-electron chi connectivity index (χ0n) is 33.0. The summed E-state index contributed by atoms with van der Waals surface area (Å²) < 4.78 is 5.57. The van der Waals surface area contributed by atoms with Gasteiger partial charge in [-0.25, -0.2) is 4.79 Å². The number of quaternary nitrogens is 1. The van der Waals surface area contributed by atoms with Crippen molar-refractivity contribution in [3.05, 3.63) is 186 Å². The van der Waals surface area contributed by atoms with Gasteiger partial charge in [0.15, 0.2) is 5.69 Å². The SMILES string of the molecule is CCCC(=O)N(C)c1ccc(-c2ccccc2C2=NN=N[N@+]2(c2ccccc2)C(c2ccccc2)(c2ccccc2)c2ccccc2)c(NC(=O)OC(C)(C)C)c1. The molecule has 0 aliphatic carbocycles. The van der Waals surface area contributed by atoms with Crippen LogP contribution in [0.3, 0.4) is 0 Å². The standard InChI is InChI=1S/C48H46N6O3/c1-6-21-44(55)53(5)38-32-33-41(43(34-38)49-46(56)57-47(2,3)4)40-30-19-20-31-42(40)45-50-51-52-54(45,39-28-17-10-18-29-39)48(35-22-11-7-12-23-35,36-24-13-8-14-25-36)37-26-15-9-16-27-37/h7-20,22-34H,6,21H2,1-5H3/p+1/t54-/m0/s1. The molecule has 1 aliphatic heterocycles. The number of carbonyl (C=O) groups is 2. The Kier molecular flexibility index (Phi) is 10.9. The second kappa shape index (κ2) is 16.2. The molecular weight excluding hydrogens is 709 g/mol. The van der Waals surface area contributed by atoms with Gasteiger partial charge in [0.25, 0.3) is 5.84 Å². The van der Waals surface area contributed by atoms with Crippen LogP contribution in [0.2, 0.25) is 0 Å². The smallest absolute Gasteiger partial charge is 0.412 e. The maximum absolute atomic E-state index is 13.5. The van der Waals surface area contributed by atoms with E-state index in [1.807, 2.05) is 143 Å². The van der Waals surface area contributed by atoms with Crippen LogP contribution in [0.25, 0.3) is 11.1 Å². The molecule has 2 amide bonds. The van der Waals surface area contributed by atoms with Gasteiger partial charge in [-0.2, -0.15) is 0 Å². The highest BCUT2D eigenvalue weighted by atomic mass is 16.6. The van der Waals surface area contributed by atoms with Crippen molar-refractivity contribution in [3.63, 3.8) is 0 Å². The lowest BCUT2D eigenvalue weighted by Gasteiger charge is -2.46. The largest absolute Gasteiger partial charge is 0.444 e. The fourth-order valence-corrected chi connectivity index (χ4v) is 7.72. The average Bonchev–Trinajstić information content (AvgIpc) is 3.68. The summed E-state index contributed by atoms with van der Waals surface area (Å²) in [5.41, 5.74) is 5.30. The van der Waals surface area contributed by atoms with Crippen molar-refractivity contribution in [1.29, 1.82) is 0 Å². The number of para-hydroxylation sites is 1. The minimum atomic E-state index is -1.05. The molecule has 9 nitrogen and oxygen atoms in total. The summed E-state index contributed by atoms with van der Waals surface area (Å²) in [6.45, 7) is 7.44. The summed E-state index contributed by atoms with van der Waals surface area (Å²) in [7, 11) is 1.75. The Hall–Kier alpha value is -6.71. The van der Waals surface area contributed by atoms with E-state index in [4.69, 9.17) is 15.1 Å². The normalized spacial score (nSPS) is 15.1. The second-order valence-electron chi connectivity index (χ2n) is 15.0. The van der Waals surface area contributed by atoms with Gasteiger partial charge in [-0.05, 0) is 51.0 Å². The third-order valence-corrected chi connectivity index (χ3v) is 10.1. The van der Waals surface area contributed by atoms with E-state index in [-0.39, 0.29) is 10.5 Å². The molecule has 0 saturated heterocycles. The van der Waals surface area contributed by atoms with Gasteiger partial charge in [-0.3, -0.25) is 10.1 Å². The van der Waals surface area contributed by atoms with Crippen LogP contribution < -0.4 is 14.8 Å². The first-order valence-corrected chi connectivity index (χ1v) is 19.2. The quantitative estimate of drug-likeness (QED) is 0.105. The number of rotatable bonds is 11. The predicted molar refractivity (Wildman–Crippen MR) is 229 cm³/mol. The van der Waals surface area contributed by atoms with Crippen molar-refractivity contribution in [2.75, 3.05) is 17.3 Å². The van der Waals surface area contributed by atoms with E-state index in [2.05, 4.69) is 59.1 Å². The van der Waals surface area contributed by atoms with Crippen LogP contribution >= 0.6 is 0 Å². The van der Waals surface area contributed by atoms with Crippen LogP contribution in [0.5, 0.6) is 0 Å². The zero-order valence-corrected chi connectivity index (χ0v) is 33.0. The molecule has 0 unspecified atom stereocenters. The predicted octanol–water partition coefficient (Wildman–Crippen LogP) is 11.5. The highest BCUT2D eigenvalue weighted by Crippen LogP contribution is 2.53. The molecule has 0 spiro atoms. The molecule has 0 bridgehead atoms. The van der Waals surface area contributed by atoms with E-state index < -0.39 is 17.2 Å². The molecule has 0 aromatic heterocycles. The van der Waals surface area contributed by atoms with Gasteiger partial charge in [0.2, 0.25) is 11.4 Å². The minimum absolute atomic E-state index is 0.0265. The van der Waals surface area contributed by atoms with E-state index in [1.165, 1.54) is 0 Å². The molecular formula is C48H47N6O3+. The van der Waals surface area contributed by atoms with Gasteiger partial charge < -0.3 is 9.64 Å². The number of nitrogens with zero attached hydrogens (tertiary/aromatic N) is 5. The monoisotopic (exact) mass is 755 g/mol. The Bertz CT molecular complexity index is 2320. The molecule has 1 atom stereocenters. The third-order valence-electron chi connectivity index (χ3n) is 10.1. The number of ether oxygens (including phenoxy) is 1. The molecule has 1 heterocycles. The summed E-state index contributed by atoms with van der Waals surface area (Å²) in [6.07, 6.45) is 0.497. The number of carbonyl (C=O) groups excluding carboxylic acids is 2. The lowest BCUT2D eigenvalue weighted by molar-refractivity contribution is -0.118. The number of nitrogens with one attached hydrogen (secondary N) is 1. The van der Waals surface area contributed by atoms with E-state index in [0.717, 1.165) is 33.5 Å². The molecule has 0 saturated carbocycles. The Morgan fingerprint density at radius 1 is 0.667 bits per heavy atom. The van der Waals surface area contributed by atoms with Crippen molar-refractivity contribution in [1.82, 2.24) is 4.59 Å². The number of benzene rings is 6. The molecule has 6 aromatic rings. The zero-order chi connectivity index (χ0) is 40.0. The second-order valence-corrected chi connectivity index (χ2v) is 15.0. The van der Waals surface area contributed by atoms with Gasteiger partial charge in [0, 0.05) is 58.8 Å². The molecule has 0 fully saturated rings. The number of amidine groups is 1. The molecule has 57 heavy (non-hydrogen) atoms. The third kappa shape index (κ3) is 7.25. The summed E-state index contributed by atoms with van der Waals surface area (Å²) >= 11 is 0. The summed E-state index contributed by atoms with van der Waals surface area (Å²) in [5.74, 6) is 0.539. The molecule has 1 N–H and O–H groups in total. The minimum Gasteiger partial charge on any atom is -0.444 e. The van der Waals surface area contributed by atoms with Crippen LogP contribution in [0.15, 0.2) is 179 Å². The number of anilines is 2. The van der Waals surface area contributed by atoms with Crippen LogP contribution in [0.4, 0.5) is 21.9 Å². The van der Waals surface area contributed by atoms with Gasteiger partial charge in [-0.15, -0.1) is 0 Å². The first kappa shape index (κ1) is 38.6. The van der Waals surface area contributed by atoms with Gasteiger partial charge in [0.05, 0.1) is 16.5 Å². The van der Waals surface area contributed by atoms with Crippen molar-refractivity contribution < 1.29 is 14.3 Å². The van der Waals surface area contributed by atoms with Crippen molar-refractivity contribution in [2.24, 2.45) is 15.5 Å². The fraction of sp³-hybridized carbons (Fsp3) is 0.188. The lowest BCUT2D eigenvalue weighted by atomic mass is 9.73. The molecule has 0 radical (unpaired) electrons. The number of hydrogen-bond donors (Lipinski definition) is 1. The van der Waals surface area contributed by atoms with Gasteiger partial charge in [-0.1, -0.05) is 150 Å². The fourth-order valence-electron chi connectivity index (χ4n) is 7.72. The Morgan fingerprint density at radius 2 is 1.18 bits per heavy atom. The summed E-state index contributed by atoms with van der Waals surface area (Å²) in [5, 5.41) is 17.8. The maximum atomic E-state index is 13.5. The van der Waals surface area contributed by atoms with E-state index in [9.17, 15) is 9.59 Å². The van der Waals surface area contributed by atoms with Crippen LogP contribution in [-0.2, 0) is 15.1 Å². The lowest BCUT2D eigenvalue weighted by Crippen LogP contribution is -2.64. The van der Waals surface area contributed by atoms with E-state index in [0.29, 0.717) is 35.6 Å². The maximum Gasteiger partial charge on any atom is 0.412 e. The first-order chi connectivity index (χ1) is 27.6. The van der Waals surface area contributed by atoms with E-state index in [1.54, 1.807) is 11.9 Å². The van der Waals surface area contributed by atoms with Gasteiger partial charge in [0.1, 0.15) is 5.60 Å². The summed E-state index contributed by atoms with van der Waals surface area (Å²) in [4.78, 5) is 28.2. The number of amides is 2. The van der Waals surface area contributed by atoms with Crippen molar-refractivity contribution in [2.45, 2.75) is 51.7 Å². The molecule has 286 valence electrons. The number of hydrogen-bond acceptors (Lipinski definition) is 6. The molecule has 6 aromatic carbocycles. The first-order valence-electron chi connectivity index (χ1n) is 19.2. The molecule has 9 heteroatoms. The van der Waals surface area contributed by atoms with Crippen LogP contribution in [0.1, 0.15) is 62.8 Å². The van der Waals surface area contributed by atoms with Gasteiger partial charge >= 0.3 is 6.09 Å². The topological polar surface area (TPSA) is 95.7 Å². The molecule has 7 rings (SSSR count). The highest BCUT2D eigenvalue weighted by Gasteiger charge is 2.64. The van der Waals surface area contributed by atoms with Crippen LogP contribution in [0, 0.1) is 0 Å².